The van der Waals surface area contributed by atoms with Crippen LogP contribution >= 0.6 is 0 Å². The molecule has 0 atom stereocenters. The molecule has 1 aliphatic carbocycles. The lowest BCUT2D eigenvalue weighted by molar-refractivity contribution is 0.885. The summed E-state index contributed by atoms with van der Waals surface area (Å²) in [6.45, 7) is 17.0. The second-order valence-corrected chi connectivity index (χ2v) is 8.87. The van der Waals surface area contributed by atoms with Gasteiger partial charge in [0, 0.05) is 0 Å². The molecule has 0 fully saturated rings. The zero-order valence-electron chi connectivity index (χ0n) is 25.5. The van der Waals surface area contributed by atoms with Crippen LogP contribution in [0.5, 0.6) is 0 Å². The average Bonchev–Trinajstić information content (AvgIpc) is 3.30. The summed E-state index contributed by atoms with van der Waals surface area (Å²) in [7, 11) is 0. The highest BCUT2D eigenvalue weighted by Crippen LogP contribution is 2.46. The van der Waals surface area contributed by atoms with E-state index < -0.39 is 0 Å². The molecule has 0 spiro atoms. The van der Waals surface area contributed by atoms with Crippen LogP contribution in [0.3, 0.4) is 0 Å². The van der Waals surface area contributed by atoms with Crippen molar-refractivity contribution in [1.82, 2.24) is 0 Å². The third-order valence-electron chi connectivity index (χ3n) is 6.63. The Morgan fingerprint density at radius 2 is 1.28 bits per heavy atom. The summed E-state index contributed by atoms with van der Waals surface area (Å²) in [6, 6.07) is 21.8. The van der Waals surface area contributed by atoms with E-state index in [-0.39, 0.29) is 0 Å². The minimum atomic E-state index is 1.11. The Morgan fingerprint density at radius 3 is 1.82 bits per heavy atom. The minimum Gasteiger partial charge on any atom is -0.124 e. The van der Waals surface area contributed by atoms with E-state index >= 15 is 0 Å². The lowest BCUT2D eigenvalue weighted by Crippen LogP contribution is -2.05. The summed E-state index contributed by atoms with van der Waals surface area (Å²) in [5.74, 6) is 0. The largest absolute Gasteiger partial charge is 0.124 e. The van der Waals surface area contributed by atoms with E-state index in [2.05, 4.69) is 138 Å². The van der Waals surface area contributed by atoms with Crippen LogP contribution in [0.25, 0.3) is 33.4 Å². The van der Waals surface area contributed by atoms with Crippen LogP contribution in [0.4, 0.5) is 0 Å². The molecule has 0 amide bonds. The average molecular weight is 517 g/mol. The molecule has 0 unspecified atom stereocenters. The Hall–Kier alpha value is -3.82. The van der Waals surface area contributed by atoms with Crippen LogP contribution in [0.15, 0.2) is 97.1 Å². The molecule has 1 aliphatic rings. The SMILES string of the molecule is C#C.C/C=C\C=C(/C)c1c(C)c(C2=CC=CCCC2)c(-c2ccccc2)c(C)c1-c1ccccc1.CC.CC. The van der Waals surface area contributed by atoms with Gasteiger partial charge in [-0.1, -0.05) is 125 Å². The molecule has 204 valence electrons. The second-order valence-electron chi connectivity index (χ2n) is 8.87. The topological polar surface area (TPSA) is 0 Å². The predicted octanol–water partition coefficient (Wildman–Crippen LogP) is 12.0. The van der Waals surface area contributed by atoms with Gasteiger partial charge in [-0.3, -0.25) is 0 Å². The molecule has 0 aliphatic heterocycles. The van der Waals surface area contributed by atoms with E-state index in [1.54, 1.807) is 0 Å². The fourth-order valence-electron chi connectivity index (χ4n) is 5.13. The third kappa shape index (κ3) is 8.33. The molecule has 4 rings (SSSR count). The smallest absolute Gasteiger partial charge is 0.00701 e. The molecular formula is C39H48. The van der Waals surface area contributed by atoms with Gasteiger partial charge in [0.15, 0.2) is 0 Å². The Bertz CT molecular complexity index is 1280. The highest BCUT2D eigenvalue weighted by atomic mass is 14.3. The number of benzene rings is 3. The van der Waals surface area contributed by atoms with E-state index in [4.69, 9.17) is 0 Å². The fourth-order valence-corrected chi connectivity index (χ4v) is 5.13. The molecule has 0 bridgehead atoms. The van der Waals surface area contributed by atoms with Crippen molar-refractivity contribution < 1.29 is 0 Å². The van der Waals surface area contributed by atoms with Crippen molar-refractivity contribution in [2.24, 2.45) is 0 Å². The van der Waals surface area contributed by atoms with Crippen molar-refractivity contribution in [3.05, 3.63) is 119 Å². The molecule has 3 aromatic carbocycles. The van der Waals surface area contributed by atoms with Gasteiger partial charge in [-0.15, -0.1) is 12.8 Å². The van der Waals surface area contributed by atoms with Crippen molar-refractivity contribution in [3.63, 3.8) is 0 Å². The van der Waals surface area contributed by atoms with Crippen molar-refractivity contribution in [1.29, 1.82) is 0 Å². The highest BCUT2D eigenvalue weighted by molar-refractivity contribution is 5.96. The zero-order chi connectivity index (χ0) is 29.2. The molecule has 3 aromatic rings. The predicted molar refractivity (Wildman–Crippen MR) is 179 cm³/mol. The molecule has 0 N–H and O–H groups in total. The standard InChI is InChI=1S/C33H34.2C2H6.C2H2/c1-5-6-17-24(2)30-25(3)32(28-18-11-7-8-12-19-28)33(29-22-15-10-16-23-29)26(4)31(30)27-20-13-9-14-21-27;3*1-2/h5-7,9-11,13-18,20-23H,8,12,19H2,1-4H3;2*1-2H3;1-2H/b6-5-,24-17+;;;. The molecule has 0 nitrogen and oxygen atoms in total. The van der Waals surface area contributed by atoms with E-state index in [1.807, 2.05) is 27.7 Å². The zero-order valence-corrected chi connectivity index (χ0v) is 25.5. The maximum absolute atomic E-state index is 4.00. The van der Waals surface area contributed by atoms with Crippen molar-refractivity contribution in [2.45, 2.75) is 74.7 Å². The number of terminal acetylenes is 1. The maximum Gasteiger partial charge on any atom is -0.00701 e. The minimum absolute atomic E-state index is 1.11. The normalized spacial score (nSPS) is 12.6. The summed E-state index contributed by atoms with van der Waals surface area (Å²) >= 11 is 0. The molecule has 0 heteroatoms. The van der Waals surface area contributed by atoms with Crippen molar-refractivity contribution in [2.75, 3.05) is 0 Å². The van der Waals surface area contributed by atoms with Gasteiger partial charge in [-0.05, 0) is 103 Å². The molecule has 0 aromatic heterocycles. The van der Waals surface area contributed by atoms with E-state index in [9.17, 15) is 0 Å². The van der Waals surface area contributed by atoms with Gasteiger partial charge in [0.05, 0.1) is 0 Å². The molecule has 39 heavy (non-hydrogen) atoms. The molecule has 0 saturated heterocycles. The molecule has 0 saturated carbocycles. The van der Waals surface area contributed by atoms with E-state index in [1.165, 1.54) is 62.1 Å². The van der Waals surface area contributed by atoms with Gasteiger partial charge in [0.1, 0.15) is 0 Å². The first-order valence-electron chi connectivity index (χ1n) is 14.4. The summed E-state index contributed by atoms with van der Waals surface area (Å²) in [5, 5.41) is 0. The van der Waals surface area contributed by atoms with E-state index in [0.29, 0.717) is 0 Å². The number of hydrogen-bond acceptors (Lipinski definition) is 0. The van der Waals surface area contributed by atoms with Gasteiger partial charge in [0.25, 0.3) is 0 Å². The first-order chi connectivity index (χ1) is 19.1. The maximum atomic E-state index is 4.00. The monoisotopic (exact) mass is 516 g/mol. The van der Waals surface area contributed by atoms with Crippen LogP contribution in [0.2, 0.25) is 0 Å². The number of rotatable bonds is 5. The summed E-state index contributed by atoms with van der Waals surface area (Å²) < 4.78 is 0. The number of allylic oxidation sites excluding steroid dienone is 8. The first kappa shape index (κ1) is 33.2. The van der Waals surface area contributed by atoms with Gasteiger partial charge in [-0.2, -0.15) is 0 Å². The first-order valence-corrected chi connectivity index (χ1v) is 14.4. The van der Waals surface area contributed by atoms with Crippen LogP contribution < -0.4 is 0 Å². The number of hydrogen-bond donors (Lipinski definition) is 0. The van der Waals surface area contributed by atoms with Gasteiger partial charge in [0.2, 0.25) is 0 Å². The van der Waals surface area contributed by atoms with E-state index in [0.717, 1.165) is 12.8 Å². The van der Waals surface area contributed by atoms with Crippen LogP contribution in [-0.2, 0) is 0 Å². The Balaban J connectivity index is 0.00000119. The Morgan fingerprint density at radius 1 is 0.744 bits per heavy atom. The van der Waals surface area contributed by atoms with Crippen LogP contribution in [0, 0.1) is 26.7 Å². The Labute approximate surface area is 239 Å². The molecule has 0 radical (unpaired) electrons. The van der Waals surface area contributed by atoms with Gasteiger partial charge in [-0.25, -0.2) is 0 Å². The fraction of sp³-hybridized carbons (Fsp3) is 0.282. The van der Waals surface area contributed by atoms with Crippen molar-refractivity contribution >= 4 is 11.1 Å². The van der Waals surface area contributed by atoms with Crippen LogP contribution in [0.1, 0.15) is 83.1 Å². The van der Waals surface area contributed by atoms with Gasteiger partial charge >= 0.3 is 0 Å². The van der Waals surface area contributed by atoms with Crippen LogP contribution in [-0.4, -0.2) is 0 Å². The second kappa shape index (κ2) is 18.4. The molecule has 0 heterocycles. The summed E-state index contributed by atoms with van der Waals surface area (Å²) in [5.41, 5.74) is 13.5. The third-order valence-corrected chi connectivity index (χ3v) is 6.63. The summed E-state index contributed by atoms with van der Waals surface area (Å²) in [4.78, 5) is 0. The Kier molecular flexibility index (Phi) is 15.7. The van der Waals surface area contributed by atoms with Gasteiger partial charge < -0.3 is 0 Å². The summed E-state index contributed by atoms with van der Waals surface area (Å²) in [6.07, 6.45) is 24.8. The lowest BCUT2D eigenvalue weighted by Gasteiger charge is -2.26. The quantitative estimate of drug-likeness (QED) is 0.234. The lowest BCUT2D eigenvalue weighted by atomic mass is 9.77. The molecular weight excluding hydrogens is 468 g/mol. The van der Waals surface area contributed by atoms with Crippen molar-refractivity contribution in [3.8, 4) is 35.1 Å². The highest BCUT2D eigenvalue weighted by Gasteiger charge is 2.24.